The molecule has 0 N–H and O–H groups in total. The van der Waals surface area contributed by atoms with Gasteiger partial charge >= 0.3 is 0 Å². The summed E-state index contributed by atoms with van der Waals surface area (Å²) in [6.07, 6.45) is 20.3. The average molecular weight is 429 g/mol. The number of allylic oxidation sites excluding steroid dienone is 7. The van der Waals surface area contributed by atoms with E-state index in [4.69, 9.17) is 0 Å². The average Bonchev–Trinajstić information content (AvgIpc) is 3.25. The first kappa shape index (κ1) is 19.9. The maximum Gasteiger partial charge on any atom is 0.0545 e. The van der Waals surface area contributed by atoms with Crippen LogP contribution in [0.5, 0.6) is 0 Å². The molecule has 0 spiro atoms. The van der Waals surface area contributed by atoms with Crippen LogP contribution in [-0.4, -0.2) is 4.57 Å². The second kappa shape index (κ2) is 7.97. The van der Waals surface area contributed by atoms with Crippen LogP contribution in [0.15, 0.2) is 91.3 Å². The Kier molecular flexibility index (Phi) is 4.80. The Hall–Kier alpha value is -3.78. The van der Waals surface area contributed by atoms with Crippen molar-refractivity contribution in [2.45, 2.75) is 25.7 Å². The van der Waals surface area contributed by atoms with Crippen LogP contribution in [0.25, 0.3) is 23.3 Å². The molecule has 0 saturated carbocycles. The fourth-order valence-electron chi connectivity index (χ4n) is 5.30. The number of hydrogen-bond donors (Lipinski definition) is 0. The van der Waals surface area contributed by atoms with Crippen molar-refractivity contribution in [3.05, 3.63) is 119 Å². The van der Waals surface area contributed by atoms with E-state index in [1.165, 1.54) is 63.4 Å². The molecule has 2 aromatic carbocycles. The smallest absolute Gasteiger partial charge is 0.0545 e. The summed E-state index contributed by atoms with van der Waals surface area (Å²) in [5.74, 6) is 0. The molecular formula is C31H28N2. The Labute approximate surface area is 196 Å². The molecule has 1 aromatic heterocycles. The lowest BCUT2D eigenvalue weighted by Gasteiger charge is -2.22. The minimum Gasteiger partial charge on any atom is -0.350 e. The number of hydrogen-bond acceptors (Lipinski definition) is 1. The molecule has 2 aliphatic carbocycles. The minimum absolute atomic E-state index is 0.923. The van der Waals surface area contributed by atoms with Crippen molar-refractivity contribution in [3.8, 4) is 0 Å². The Balaban J connectivity index is 1.48. The van der Waals surface area contributed by atoms with E-state index in [-0.39, 0.29) is 0 Å². The molecule has 0 amide bonds. The topological polar surface area (TPSA) is 8.17 Å². The van der Waals surface area contributed by atoms with Gasteiger partial charge in [-0.25, -0.2) is 0 Å². The lowest BCUT2D eigenvalue weighted by atomic mass is 9.99. The van der Waals surface area contributed by atoms with Gasteiger partial charge in [-0.3, -0.25) is 0 Å². The van der Waals surface area contributed by atoms with Crippen molar-refractivity contribution in [1.29, 1.82) is 0 Å². The van der Waals surface area contributed by atoms with Gasteiger partial charge in [-0.15, -0.1) is 0 Å². The number of anilines is 2. The van der Waals surface area contributed by atoms with E-state index in [2.05, 4.69) is 114 Å². The third-order valence-corrected chi connectivity index (χ3v) is 6.96. The SMILES string of the molecule is C=C1C=Cc2cccc3c2CC(=Cc2ccn(C)c21)N3c1ccc(C2=CCCCC=C2)cc1. The number of nitrogens with zero attached hydrogens (tertiary/aromatic N) is 2. The summed E-state index contributed by atoms with van der Waals surface area (Å²) >= 11 is 0. The Bertz CT molecular complexity index is 1370. The molecule has 33 heavy (non-hydrogen) atoms. The molecule has 0 saturated heterocycles. The van der Waals surface area contributed by atoms with Crippen molar-refractivity contribution >= 4 is 34.7 Å². The van der Waals surface area contributed by atoms with Gasteiger partial charge in [0.2, 0.25) is 0 Å². The van der Waals surface area contributed by atoms with Crippen LogP contribution in [0.4, 0.5) is 11.4 Å². The summed E-state index contributed by atoms with van der Waals surface area (Å²) in [7, 11) is 2.09. The van der Waals surface area contributed by atoms with Gasteiger partial charge in [-0.1, -0.05) is 61.2 Å². The molecule has 6 rings (SSSR count). The van der Waals surface area contributed by atoms with Crippen molar-refractivity contribution in [2.24, 2.45) is 7.05 Å². The predicted molar refractivity (Wildman–Crippen MR) is 141 cm³/mol. The van der Waals surface area contributed by atoms with E-state index in [9.17, 15) is 0 Å². The fourth-order valence-corrected chi connectivity index (χ4v) is 5.30. The molecule has 1 aliphatic heterocycles. The zero-order valence-electron chi connectivity index (χ0n) is 19.1. The number of aryl methyl sites for hydroxylation is 1. The third-order valence-electron chi connectivity index (χ3n) is 6.96. The summed E-state index contributed by atoms with van der Waals surface area (Å²) in [6.45, 7) is 4.35. The van der Waals surface area contributed by atoms with Gasteiger partial charge in [0.1, 0.15) is 0 Å². The molecule has 2 bridgehead atoms. The fraction of sp³-hybridized carbons (Fsp3) is 0.161. The summed E-state index contributed by atoms with van der Waals surface area (Å²) in [5.41, 5.74) is 12.5. The minimum atomic E-state index is 0.923. The van der Waals surface area contributed by atoms with Gasteiger partial charge in [0.25, 0.3) is 0 Å². The second-order valence-electron chi connectivity index (χ2n) is 9.12. The first-order chi connectivity index (χ1) is 16.2. The maximum atomic E-state index is 4.35. The molecule has 2 heteroatoms. The molecule has 3 aliphatic rings. The van der Waals surface area contributed by atoms with Crippen molar-refractivity contribution in [1.82, 2.24) is 4.57 Å². The van der Waals surface area contributed by atoms with Crippen LogP contribution >= 0.6 is 0 Å². The lowest BCUT2D eigenvalue weighted by molar-refractivity contribution is 0.876. The van der Waals surface area contributed by atoms with Gasteiger partial charge in [-0.05, 0) is 77.4 Å². The second-order valence-corrected chi connectivity index (χ2v) is 9.12. The van der Waals surface area contributed by atoms with E-state index in [0.29, 0.717) is 0 Å². The number of aromatic nitrogens is 1. The van der Waals surface area contributed by atoms with Gasteiger partial charge in [-0.2, -0.15) is 0 Å². The van der Waals surface area contributed by atoms with Gasteiger partial charge < -0.3 is 9.47 Å². The highest BCUT2D eigenvalue weighted by Crippen LogP contribution is 2.44. The normalized spacial score (nSPS) is 16.9. The van der Waals surface area contributed by atoms with Crippen LogP contribution in [-0.2, 0) is 13.5 Å². The zero-order valence-corrected chi connectivity index (χ0v) is 19.1. The van der Waals surface area contributed by atoms with Gasteiger partial charge in [0.15, 0.2) is 0 Å². The van der Waals surface area contributed by atoms with Crippen LogP contribution in [0.2, 0.25) is 0 Å². The van der Waals surface area contributed by atoms with Crippen molar-refractivity contribution < 1.29 is 0 Å². The Morgan fingerprint density at radius 2 is 1.76 bits per heavy atom. The first-order valence-corrected chi connectivity index (χ1v) is 11.8. The van der Waals surface area contributed by atoms with Crippen LogP contribution in [0.1, 0.15) is 47.2 Å². The molecule has 3 aromatic rings. The highest BCUT2D eigenvalue weighted by molar-refractivity contribution is 5.89. The summed E-state index contributed by atoms with van der Waals surface area (Å²) in [4.78, 5) is 2.43. The quantitative estimate of drug-likeness (QED) is 0.402. The standard InChI is InChI=1S/C31H28N2/c1-22-12-13-25-10-7-11-30-29(25)21-28(20-26-18-19-32(2)31(22)26)33(30)27-16-14-24(15-17-27)23-8-5-3-4-6-9-23/h5,7-20H,1,3-4,6,21H2,2H3. The van der Waals surface area contributed by atoms with Crippen LogP contribution in [0, 0.1) is 0 Å². The first-order valence-electron chi connectivity index (χ1n) is 11.8. The molecular weight excluding hydrogens is 400 g/mol. The summed E-state index contributed by atoms with van der Waals surface area (Å²) < 4.78 is 2.17. The van der Waals surface area contributed by atoms with Gasteiger partial charge in [0, 0.05) is 42.3 Å². The zero-order chi connectivity index (χ0) is 22.4. The molecule has 0 unspecified atom stereocenters. The predicted octanol–water partition coefficient (Wildman–Crippen LogP) is 7.92. The summed E-state index contributed by atoms with van der Waals surface area (Å²) in [5, 5.41) is 0. The van der Waals surface area contributed by atoms with Gasteiger partial charge in [0.05, 0.1) is 5.69 Å². The molecule has 0 radical (unpaired) electrons. The number of rotatable bonds is 2. The highest BCUT2D eigenvalue weighted by atomic mass is 15.2. The Morgan fingerprint density at radius 1 is 0.879 bits per heavy atom. The van der Waals surface area contributed by atoms with Crippen molar-refractivity contribution in [3.63, 3.8) is 0 Å². The molecule has 162 valence electrons. The van der Waals surface area contributed by atoms with Crippen LogP contribution < -0.4 is 4.90 Å². The van der Waals surface area contributed by atoms with Crippen LogP contribution in [0.3, 0.4) is 0 Å². The van der Waals surface area contributed by atoms with E-state index >= 15 is 0 Å². The van der Waals surface area contributed by atoms with E-state index in [1.54, 1.807) is 0 Å². The van der Waals surface area contributed by atoms with E-state index in [1.807, 2.05) is 0 Å². The highest BCUT2D eigenvalue weighted by Gasteiger charge is 2.28. The third kappa shape index (κ3) is 3.43. The van der Waals surface area contributed by atoms with E-state index < -0.39 is 0 Å². The largest absolute Gasteiger partial charge is 0.350 e. The number of fused-ring (bicyclic) bond motifs is 2. The molecule has 0 fully saturated rings. The maximum absolute atomic E-state index is 4.35. The van der Waals surface area contributed by atoms with E-state index in [0.717, 1.165) is 18.4 Å². The Morgan fingerprint density at radius 3 is 2.64 bits per heavy atom. The van der Waals surface area contributed by atoms with Crippen molar-refractivity contribution in [2.75, 3.05) is 4.90 Å². The molecule has 2 nitrogen and oxygen atoms in total. The molecule has 0 atom stereocenters. The summed E-state index contributed by atoms with van der Waals surface area (Å²) in [6, 6.07) is 17.9. The monoisotopic (exact) mass is 428 g/mol. The molecule has 2 heterocycles. The number of benzene rings is 2. The lowest BCUT2D eigenvalue weighted by Crippen LogP contribution is -2.11.